The second-order valence-electron chi connectivity index (χ2n) is 7.05. The van der Waals surface area contributed by atoms with E-state index in [9.17, 15) is 18.1 Å². The number of benzene rings is 2. The van der Waals surface area contributed by atoms with Crippen LogP contribution in [0.2, 0.25) is 0 Å². The first-order valence-corrected chi connectivity index (χ1v) is 11.4. The minimum Gasteiger partial charge on any atom is -0.506 e. The summed E-state index contributed by atoms with van der Waals surface area (Å²) in [4.78, 5) is -0.627. The fraction of sp³-hybridized carbons (Fsp3) is 0.455. The highest BCUT2D eigenvalue weighted by atomic mass is 32.2. The van der Waals surface area contributed by atoms with Gasteiger partial charge in [0.1, 0.15) is 11.5 Å². The highest BCUT2D eigenvalue weighted by molar-refractivity contribution is 7.86. The largest absolute Gasteiger partial charge is 0.506 e. The van der Waals surface area contributed by atoms with Crippen LogP contribution in [0.15, 0.2) is 47.4 Å². The van der Waals surface area contributed by atoms with Crippen molar-refractivity contribution in [2.24, 2.45) is 0 Å². The molecule has 0 aromatic heterocycles. The van der Waals surface area contributed by atoms with Crippen molar-refractivity contribution in [1.29, 1.82) is 0 Å². The molecule has 2 rings (SSSR count). The lowest BCUT2D eigenvalue weighted by molar-refractivity contribution is 0.415. The van der Waals surface area contributed by atoms with Gasteiger partial charge in [-0.25, -0.2) is 0 Å². The Morgan fingerprint density at radius 3 is 2.07 bits per heavy atom. The molecule has 2 N–H and O–H groups in total. The van der Waals surface area contributed by atoms with E-state index < -0.39 is 20.8 Å². The summed E-state index contributed by atoms with van der Waals surface area (Å²) in [5.74, 6) is -0.222. The number of hydrogen-bond donors (Lipinski definition) is 2. The second kappa shape index (κ2) is 11.1. The van der Waals surface area contributed by atoms with Crippen molar-refractivity contribution < 1.29 is 22.8 Å². The van der Waals surface area contributed by atoms with E-state index in [0.717, 1.165) is 12.8 Å². The number of hydrogen-bond acceptors (Lipinski definition) is 4. The van der Waals surface area contributed by atoms with Crippen LogP contribution >= 0.6 is 0 Å². The molecule has 0 bridgehead atoms. The predicted octanol–water partition coefficient (Wildman–Crippen LogP) is 6.11. The third-order valence-corrected chi connectivity index (χ3v) is 5.61. The Morgan fingerprint density at radius 2 is 1.46 bits per heavy atom. The summed E-state index contributed by atoms with van der Waals surface area (Å²) in [7, 11) is -4.59. The number of unbranched alkanes of at least 4 members (excludes halogenated alkanes) is 7. The van der Waals surface area contributed by atoms with Gasteiger partial charge in [-0.05, 0) is 42.7 Å². The molecule has 0 saturated carbocycles. The van der Waals surface area contributed by atoms with Gasteiger partial charge in [-0.2, -0.15) is 8.42 Å². The Kier molecular flexibility index (Phi) is 8.80. The third-order valence-electron chi connectivity index (χ3n) is 4.69. The molecule has 0 fully saturated rings. The molecule has 0 aliphatic heterocycles. The molecular formula is C22H30O5S. The molecule has 0 aliphatic rings. The van der Waals surface area contributed by atoms with Crippen LogP contribution < -0.4 is 4.74 Å². The fourth-order valence-electron chi connectivity index (χ4n) is 3.16. The standard InChI is InChI=1S/C22H30O5S/c1-2-3-4-5-6-7-8-9-11-18-14-16-19(17-15-18)27-21-13-10-12-20(23)22(21)28(24,25)26/h10,12-17,23H,2-9,11H2,1H3,(H,24,25,26). The quantitative estimate of drug-likeness (QED) is 0.328. The predicted molar refractivity (Wildman–Crippen MR) is 111 cm³/mol. The average Bonchev–Trinajstić information content (AvgIpc) is 2.64. The highest BCUT2D eigenvalue weighted by Gasteiger charge is 2.22. The lowest BCUT2D eigenvalue weighted by Gasteiger charge is -2.11. The van der Waals surface area contributed by atoms with Crippen molar-refractivity contribution in [3.8, 4) is 17.2 Å². The molecule has 2 aromatic rings. The second-order valence-corrected chi connectivity index (χ2v) is 8.41. The van der Waals surface area contributed by atoms with Gasteiger partial charge in [-0.3, -0.25) is 4.55 Å². The van der Waals surface area contributed by atoms with Gasteiger partial charge in [0.25, 0.3) is 0 Å². The Balaban J connectivity index is 1.85. The third kappa shape index (κ3) is 7.17. The SMILES string of the molecule is CCCCCCCCCCc1ccc(Oc2cccc(O)c2S(=O)(=O)O)cc1. The Bertz CT molecular complexity index is 829. The Hall–Kier alpha value is -2.05. The number of aromatic hydroxyl groups is 1. The molecule has 2 aromatic carbocycles. The topological polar surface area (TPSA) is 83.8 Å². The molecule has 154 valence electrons. The smallest absolute Gasteiger partial charge is 0.301 e. The van der Waals surface area contributed by atoms with Gasteiger partial charge in [-0.15, -0.1) is 0 Å². The summed E-state index contributed by atoms with van der Waals surface area (Å²) < 4.78 is 37.8. The molecule has 28 heavy (non-hydrogen) atoms. The van der Waals surface area contributed by atoms with Gasteiger partial charge >= 0.3 is 10.1 Å². The molecule has 0 unspecified atom stereocenters. The number of phenolic OH excluding ortho intramolecular Hbond substituents is 1. The van der Waals surface area contributed by atoms with Crippen LogP contribution in [0.25, 0.3) is 0 Å². The van der Waals surface area contributed by atoms with Crippen molar-refractivity contribution in [3.05, 3.63) is 48.0 Å². The summed E-state index contributed by atoms with van der Waals surface area (Å²) in [6.45, 7) is 2.23. The first-order valence-electron chi connectivity index (χ1n) is 9.98. The van der Waals surface area contributed by atoms with E-state index in [2.05, 4.69) is 6.92 Å². The number of ether oxygens (including phenoxy) is 1. The maximum atomic E-state index is 11.5. The van der Waals surface area contributed by atoms with Crippen molar-refractivity contribution >= 4 is 10.1 Å². The summed E-state index contributed by atoms with van der Waals surface area (Å²) in [5.41, 5.74) is 1.20. The van der Waals surface area contributed by atoms with Gasteiger partial charge in [0.15, 0.2) is 10.6 Å². The number of rotatable bonds is 12. The van der Waals surface area contributed by atoms with Crippen LogP contribution in [0.3, 0.4) is 0 Å². The van der Waals surface area contributed by atoms with Gasteiger partial charge < -0.3 is 9.84 Å². The fourth-order valence-corrected chi connectivity index (χ4v) is 3.85. The average molecular weight is 407 g/mol. The first kappa shape index (κ1) is 22.2. The van der Waals surface area contributed by atoms with Crippen LogP contribution in [0.5, 0.6) is 17.2 Å². The molecule has 0 aliphatic carbocycles. The van der Waals surface area contributed by atoms with Gasteiger partial charge in [0.2, 0.25) is 0 Å². The van der Waals surface area contributed by atoms with Gasteiger partial charge in [0.05, 0.1) is 0 Å². The summed E-state index contributed by atoms with van der Waals surface area (Å²) >= 11 is 0. The van der Waals surface area contributed by atoms with E-state index in [1.54, 1.807) is 12.1 Å². The minimum atomic E-state index is -4.59. The molecule has 0 spiro atoms. The maximum Gasteiger partial charge on any atom is 0.301 e. The summed E-state index contributed by atoms with van der Waals surface area (Å²) in [6.07, 6.45) is 11.3. The summed E-state index contributed by atoms with van der Waals surface area (Å²) in [6, 6.07) is 11.4. The molecule has 0 amide bonds. The lowest BCUT2D eigenvalue weighted by atomic mass is 10.0. The molecule has 6 heteroatoms. The van der Waals surface area contributed by atoms with Crippen LogP contribution in [0.1, 0.15) is 63.9 Å². The van der Waals surface area contributed by atoms with Gasteiger partial charge in [0, 0.05) is 0 Å². The zero-order chi connectivity index (χ0) is 20.4. The molecule has 0 saturated heterocycles. The van der Waals surface area contributed by atoms with E-state index in [1.165, 1.54) is 68.7 Å². The van der Waals surface area contributed by atoms with Crippen LogP contribution in [-0.2, 0) is 16.5 Å². The first-order chi connectivity index (χ1) is 13.4. The molecule has 0 radical (unpaired) electrons. The lowest BCUT2D eigenvalue weighted by Crippen LogP contribution is -2.01. The minimum absolute atomic E-state index is 0.113. The van der Waals surface area contributed by atoms with Crippen LogP contribution in [0, 0.1) is 0 Å². The van der Waals surface area contributed by atoms with Gasteiger partial charge in [-0.1, -0.05) is 70.1 Å². The molecule has 0 heterocycles. The van der Waals surface area contributed by atoms with E-state index in [1.807, 2.05) is 12.1 Å². The van der Waals surface area contributed by atoms with Crippen LogP contribution in [-0.4, -0.2) is 18.1 Å². The van der Waals surface area contributed by atoms with Crippen molar-refractivity contribution in [2.75, 3.05) is 0 Å². The molecular weight excluding hydrogens is 376 g/mol. The molecule has 5 nitrogen and oxygen atoms in total. The van der Waals surface area contributed by atoms with Crippen molar-refractivity contribution in [1.82, 2.24) is 0 Å². The van der Waals surface area contributed by atoms with Crippen molar-refractivity contribution in [3.63, 3.8) is 0 Å². The maximum absolute atomic E-state index is 11.5. The van der Waals surface area contributed by atoms with E-state index in [4.69, 9.17) is 4.74 Å². The highest BCUT2D eigenvalue weighted by Crippen LogP contribution is 2.35. The van der Waals surface area contributed by atoms with Crippen molar-refractivity contribution in [2.45, 2.75) is 69.6 Å². The Morgan fingerprint density at radius 1 is 0.857 bits per heavy atom. The molecule has 0 atom stereocenters. The van der Waals surface area contributed by atoms with E-state index in [0.29, 0.717) is 5.75 Å². The summed E-state index contributed by atoms with van der Waals surface area (Å²) in [5, 5.41) is 9.73. The Labute approximate surface area is 168 Å². The van der Waals surface area contributed by atoms with Crippen LogP contribution in [0.4, 0.5) is 0 Å². The van der Waals surface area contributed by atoms with E-state index >= 15 is 0 Å². The number of aryl methyl sites for hydroxylation is 1. The monoisotopic (exact) mass is 406 g/mol. The van der Waals surface area contributed by atoms with E-state index in [-0.39, 0.29) is 5.75 Å². The zero-order valence-electron chi connectivity index (χ0n) is 16.4. The normalized spacial score (nSPS) is 11.5. The number of phenols is 1. The zero-order valence-corrected chi connectivity index (χ0v) is 17.2.